The Bertz CT molecular complexity index is 366. The Kier molecular flexibility index (Phi) is 5.06. The number of aryl methyl sites for hydroxylation is 1. The maximum atomic E-state index is 5.92. The molecule has 5 heteroatoms. The van der Waals surface area contributed by atoms with Crippen molar-refractivity contribution in [2.75, 3.05) is 6.54 Å². The quantitative estimate of drug-likeness (QED) is 0.891. The number of rotatable bonds is 5. The van der Waals surface area contributed by atoms with Crippen LogP contribution < -0.4 is 5.73 Å². The third-order valence-corrected chi connectivity index (χ3v) is 5.42. The van der Waals surface area contributed by atoms with Crippen LogP contribution in [0.15, 0.2) is 11.5 Å². The van der Waals surface area contributed by atoms with Gasteiger partial charge in [0.1, 0.15) is 6.33 Å². The van der Waals surface area contributed by atoms with Gasteiger partial charge in [0, 0.05) is 12.3 Å². The van der Waals surface area contributed by atoms with E-state index in [1.165, 1.54) is 32.1 Å². The van der Waals surface area contributed by atoms with Crippen molar-refractivity contribution in [2.45, 2.75) is 49.4 Å². The molecule has 3 unspecified atom stereocenters. The van der Waals surface area contributed by atoms with E-state index in [1.807, 2.05) is 23.4 Å². The summed E-state index contributed by atoms with van der Waals surface area (Å²) in [6.45, 7) is 3.08. The minimum atomic E-state index is 0.614. The fourth-order valence-electron chi connectivity index (χ4n) is 2.87. The van der Waals surface area contributed by atoms with Gasteiger partial charge in [0.25, 0.3) is 0 Å². The van der Waals surface area contributed by atoms with Gasteiger partial charge in [-0.15, -0.1) is 10.2 Å². The first-order chi connectivity index (χ1) is 8.74. The zero-order valence-electron chi connectivity index (χ0n) is 11.4. The van der Waals surface area contributed by atoms with Gasteiger partial charge in [-0.3, -0.25) is 0 Å². The molecule has 1 heterocycles. The van der Waals surface area contributed by atoms with Crippen molar-refractivity contribution in [1.29, 1.82) is 0 Å². The van der Waals surface area contributed by atoms with Crippen LogP contribution in [0.5, 0.6) is 0 Å². The third kappa shape index (κ3) is 3.26. The Morgan fingerprint density at radius 2 is 2.33 bits per heavy atom. The van der Waals surface area contributed by atoms with Crippen molar-refractivity contribution in [3.8, 4) is 0 Å². The van der Waals surface area contributed by atoms with Gasteiger partial charge in [-0.25, -0.2) is 0 Å². The molecule has 1 aliphatic rings. The van der Waals surface area contributed by atoms with Crippen LogP contribution in [-0.4, -0.2) is 26.6 Å². The summed E-state index contributed by atoms with van der Waals surface area (Å²) in [5.41, 5.74) is 5.92. The summed E-state index contributed by atoms with van der Waals surface area (Å²) in [5.74, 6) is 1.52. The van der Waals surface area contributed by atoms with Gasteiger partial charge in [0.05, 0.1) is 0 Å². The van der Waals surface area contributed by atoms with Crippen LogP contribution in [0.1, 0.15) is 39.0 Å². The Hall–Kier alpha value is -0.550. The first-order valence-electron chi connectivity index (χ1n) is 6.95. The van der Waals surface area contributed by atoms with Gasteiger partial charge in [0.15, 0.2) is 5.16 Å². The van der Waals surface area contributed by atoms with Crippen molar-refractivity contribution in [3.05, 3.63) is 6.33 Å². The van der Waals surface area contributed by atoms with Crippen molar-refractivity contribution < 1.29 is 0 Å². The molecule has 0 saturated heterocycles. The van der Waals surface area contributed by atoms with E-state index in [4.69, 9.17) is 5.73 Å². The van der Waals surface area contributed by atoms with Crippen LogP contribution in [0.3, 0.4) is 0 Å². The van der Waals surface area contributed by atoms with Gasteiger partial charge in [-0.1, -0.05) is 37.9 Å². The van der Waals surface area contributed by atoms with E-state index in [2.05, 4.69) is 17.1 Å². The summed E-state index contributed by atoms with van der Waals surface area (Å²) in [7, 11) is 2.01. The molecule has 0 amide bonds. The molecule has 1 aromatic rings. The van der Waals surface area contributed by atoms with Crippen molar-refractivity contribution in [2.24, 2.45) is 24.6 Å². The topological polar surface area (TPSA) is 56.7 Å². The highest BCUT2D eigenvalue weighted by Gasteiger charge is 2.30. The summed E-state index contributed by atoms with van der Waals surface area (Å²) < 4.78 is 2.00. The molecular weight excluding hydrogens is 244 g/mol. The van der Waals surface area contributed by atoms with Crippen LogP contribution in [0.4, 0.5) is 0 Å². The van der Waals surface area contributed by atoms with Crippen molar-refractivity contribution in [3.63, 3.8) is 0 Å². The lowest BCUT2D eigenvalue weighted by atomic mass is 9.80. The molecule has 0 aliphatic heterocycles. The monoisotopic (exact) mass is 268 g/mol. The van der Waals surface area contributed by atoms with Gasteiger partial charge >= 0.3 is 0 Å². The SMILES string of the molecule is CCCC1CCC(CN)C(Sc2nncn2C)C1. The highest BCUT2D eigenvalue weighted by Crippen LogP contribution is 2.40. The molecule has 1 aliphatic carbocycles. The molecule has 2 N–H and O–H groups in total. The average molecular weight is 268 g/mol. The minimum absolute atomic E-state index is 0.614. The molecule has 2 rings (SSSR count). The molecule has 1 aromatic heterocycles. The van der Waals surface area contributed by atoms with Crippen LogP contribution in [0, 0.1) is 11.8 Å². The highest BCUT2D eigenvalue weighted by atomic mass is 32.2. The molecule has 0 radical (unpaired) electrons. The standard InChI is InChI=1S/C13H24N4S/c1-3-4-10-5-6-11(8-14)12(7-10)18-13-16-15-9-17(13)2/h9-12H,3-8,14H2,1-2H3. The Labute approximate surface area is 114 Å². The predicted molar refractivity (Wildman–Crippen MR) is 75.4 cm³/mol. The zero-order valence-corrected chi connectivity index (χ0v) is 12.2. The number of hydrogen-bond acceptors (Lipinski definition) is 4. The first-order valence-corrected chi connectivity index (χ1v) is 7.83. The van der Waals surface area contributed by atoms with E-state index in [0.29, 0.717) is 11.2 Å². The van der Waals surface area contributed by atoms with E-state index < -0.39 is 0 Å². The number of nitrogens with two attached hydrogens (primary N) is 1. The molecule has 4 nitrogen and oxygen atoms in total. The average Bonchev–Trinajstić information content (AvgIpc) is 2.76. The Morgan fingerprint density at radius 3 is 2.94 bits per heavy atom. The van der Waals surface area contributed by atoms with Gasteiger partial charge < -0.3 is 10.3 Å². The van der Waals surface area contributed by atoms with E-state index in [0.717, 1.165) is 17.6 Å². The van der Waals surface area contributed by atoms with E-state index in [-0.39, 0.29) is 0 Å². The summed E-state index contributed by atoms with van der Waals surface area (Å²) in [6.07, 6.45) is 8.33. The second-order valence-electron chi connectivity index (χ2n) is 5.34. The fraction of sp³-hybridized carbons (Fsp3) is 0.846. The Balaban J connectivity index is 2.00. The number of thioether (sulfide) groups is 1. The van der Waals surface area contributed by atoms with Crippen LogP contribution in [0.2, 0.25) is 0 Å². The lowest BCUT2D eigenvalue weighted by molar-refractivity contribution is 0.275. The number of hydrogen-bond donors (Lipinski definition) is 1. The lowest BCUT2D eigenvalue weighted by Crippen LogP contribution is -2.32. The van der Waals surface area contributed by atoms with Crippen molar-refractivity contribution >= 4 is 11.8 Å². The third-order valence-electron chi connectivity index (χ3n) is 3.96. The molecule has 1 saturated carbocycles. The van der Waals surface area contributed by atoms with Gasteiger partial charge in [-0.2, -0.15) is 0 Å². The summed E-state index contributed by atoms with van der Waals surface area (Å²) >= 11 is 1.87. The normalized spacial score (nSPS) is 28.5. The maximum absolute atomic E-state index is 5.92. The maximum Gasteiger partial charge on any atom is 0.191 e. The lowest BCUT2D eigenvalue weighted by Gasteiger charge is -2.34. The second kappa shape index (κ2) is 6.57. The largest absolute Gasteiger partial charge is 0.330 e. The van der Waals surface area contributed by atoms with E-state index in [9.17, 15) is 0 Å². The van der Waals surface area contributed by atoms with Crippen LogP contribution in [0.25, 0.3) is 0 Å². The predicted octanol–water partition coefficient (Wildman–Crippen LogP) is 2.45. The fourth-order valence-corrected chi connectivity index (χ4v) is 4.26. The minimum Gasteiger partial charge on any atom is -0.330 e. The van der Waals surface area contributed by atoms with Crippen molar-refractivity contribution in [1.82, 2.24) is 14.8 Å². The summed E-state index contributed by atoms with van der Waals surface area (Å²) in [5, 5.41) is 9.78. The first kappa shape index (κ1) is 13.9. The zero-order chi connectivity index (χ0) is 13.0. The molecule has 1 fully saturated rings. The molecular formula is C13H24N4S. The summed E-state index contributed by atoms with van der Waals surface area (Å²) in [4.78, 5) is 0. The molecule has 0 bridgehead atoms. The van der Waals surface area contributed by atoms with Crippen LogP contribution in [-0.2, 0) is 7.05 Å². The second-order valence-corrected chi connectivity index (χ2v) is 6.55. The smallest absolute Gasteiger partial charge is 0.191 e. The summed E-state index contributed by atoms with van der Waals surface area (Å²) in [6, 6.07) is 0. The Morgan fingerprint density at radius 1 is 1.50 bits per heavy atom. The highest BCUT2D eigenvalue weighted by molar-refractivity contribution is 7.99. The van der Waals surface area contributed by atoms with Gasteiger partial charge in [0.2, 0.25) is 0 Å². The van der Waals surface area contributed by atoms with Crippen LogP contribution >= 0.6 is 11.8 Å². The number of aromatic nitrogens is 3. The molecule has 102 valence electrons. The van der Waals surface area contributed by atoms with Gasteiger partial charge in [-0.05, 0) is 31.2 Å². The molecule has 0 spiro atoms. The van der Waals surface area contributed by atoms with E-state index in [1.54, 1.807) is 6.33 Å². The molecule has 3 atom stereocenters. The molecule has 0 aromatic carbocycles. The number of nitrogens with zero attached hydrogens (tertiary/aromatic N) is 3. The molecule has 18 heavy (non-hydrogen) atoms. The van der Waals surface area contributed by atoms with E-state index >= 15 is 0 Å².